The van der Waals surface area contributed by atoms with Gasteiger partial charge in [-0.1, -0.05) is 24.3 Å². The molecule has 3 aromatic rings. The van der Waals surface area contributed by atoms with Gasteiger partial charge < -0.3 is 5.32 Å². The number of fused-ring (bicyclic) bond motifs is 1. The number of benzene rings is 2. The minimum Gasteiger partial charge on any atom is -0.325 e. The highest BCUT2D eigenvalue weighted by molar-refractivity contribution is 7.18. The molecular weight excluding hydrogens is 330 g/mol. The fourth-order valence-corrected chi connectivity index (χ4v) is 3.77. The molecule has 1 amide bonds. The quantitative estimate of drug-likeness (QED) is 0.732. The number of carbonyl (C=O) groups excluding carboxylic acids is 1. The molecule has 5 heteroatoms. The van der Waals surface area contributed by atoms with Crippen molar-refractivity contribution in [3.63, 3.8) is 0 Å². The molecule has 0 spiro atoms. The molecule has 1 unspecified atom stereocenters. The number of hydrogen-bond donors (Lipinski definition) is 1. The molecule has 1 N–H and O–H groups in total. The Morgan fingerprint density at radius 1 is 1.24 bits per heavy atom. The van der Waals surface area contributed by atoms with Crippen LogP contribution in [0.5, 0.6) is 0 Å². The third-order valence-corrected chi connectivity index (χ3v) is 5.60. The number of aryl methyl sites for hydroxylation is 2. The Labute approximate surface area is 152 Å². The lowest BCUT2D eigenvalue weighted by atomic mass is 10.1. The Morgan fingerprint density at radius 3 is 2.76 bits per heavy atom. The van der Waals surface area contributed by atoms with Gasteiger partial charge in [-0.2, -0.15) is 0 Å². The fourth-order valence-electron chi connectivity index (χ4n) is 2.68. The third-order valence-electron chi connectivity index (χ3n) is 4.39. The summed E-state index contributed by atoms with van der Waals surface area (Å²) in [6, 6.07) is 14.3. The van der Waals surface area contributed by atoms with Crippen molar-refractivity contribution in [2.45, 2.75) is 26.8 Å². The minimum atomic E-state index is -0.0100. The molecule has 0 saturated carbocycles. The molecule has 1 heterocycles. The second-order valence-electron chi connectivity index (χ2n) is 6.48. The molecule has 0 saturated heterocycles. The van der Waals surface area contributed by atoms with E-state index in [1.165, 1.54) is 4.70 Å². The Kier molecular flexibility index (Phi) is 5.16. The van der Waals surface area contributed by atoms with Crippen LogP contribution in [-0.2, 0) is 4.79 Å². The molecule has 4 nitrogen and oxygen atoms in total. The normalized spacial score (nSPS) is 12.5. The van der Waals surface area contributed by atoms with E-state index in [9.17, 15) is 4.79 Å². The van der Waals surface area contributed by atoms with E-state index in [-0.39, 0.29) is 11.9 Å². The van der Waals surface area contributed by atoms with Gasteiger partial charge in [-0.25, -0.2) is 4.98 Å². The molecule has 0 bridgehead atoms. The van der Waals surface area contributed by atoms with E-state index in [4.69, 9.17) is 4.98 Å². The molecule has 0 aliphatic heterocycles. The van der Waals surface area contributed by atoms with E-state index in [0.717, 1.165) is 27.3 Å². The summed E-state index contributed by atoms with van der Waals surface area (Å²) in [5, 5.41) is 4.05. The maximum absolute atomic E-state index is 12.4. The molecule has 3 rings (SSSR count). The predicted molar refractivity (Wildman–Crippen MR) is 105 cm³/mol. The van der Waals surface area contributed by atoms with Crippen molar-refractivity contribution in [3.05, 3.63) is 58.6 Å². The maximum Gasteiger partial charge on any atom is 0.238 e. The van der Waals surface area contributed by atoms with Crippen molar-refractivity contribution in [3.8, 4) is 0 Å². The summed E-state index contributed by atoms with van der Waals surface area (Å²) in [5.41, 5.74) is 4.10. The first-order valence-corrected chi connectivity index (χ1v) is 9.18. The van der Waals surface area contributed by atoms with Crippen LogP contribution in [0.3, 0.4) is 0 Å². The minimum absolute atomic E-state index is 0.0100. The first-order valence-electron chi connectivity index (χ1n) is 8.37. The van der Waals surface area contributed by atoms with E-state index < -0.39 is 0 Å². The number of hydrogen-bond acceptors (Lipinski definition) is 4. The molecular formula is C20H23N3OS. The lowest BCUT2D eigenvalue weighted by molar-refractivity contribution is -0.117. The predicted octanol–water partition coefficient (Wildman–Crippen LogP) is 4.54. The number of thiazole rings is 1. The number of carbonyl (C=O) groups is 1. The number of aromatic nitrogens is 1. The largest absolute Gasteiger partial charge is 0.325 e. The van der Waals surface area contributed by atoms with Gasteiger partial charge in [0, 0.05) is 5.69 Å². The van der Waals surface area contributed by atoms with Gasteiger partial charge in [-0.15, -0.1) is 11.3 Å². The summed E-state index contributed by atoms with van der Waals surface area (Å²) in [4.78, 5) is 19.1. The van der Waals surface area contributed by atoms with Crippen LogP contribution in [0, 0.1) is 13.8 Å². The summed E-state index contributed by atoms with van der Waals surface area (Å²) in [7, 11) is 1.96. The molecule has 1 atom stereocenters. The molecule has 0 aliphatic rings. The van der Waals surface area contributed by atoms with Crippen molar-refractivity contribution >= 4 is 33.1 Å². The smallest absolute Gasteiger partial charge is 0.238 e. The monoisotopic (exact) mass is 353 g/mol. The van der Waals surface area contributed by atoms with Gasteiger partial charge in [0.15, 0.2) is 0 Å². The van der Waals surface area contributed by atoms with Crippen LogP contribution in [0.2, 0.25) is 0 Å². The summed E-state index contributed by atoms with van der Waals surface area (Å²) < 4.78 is 1.18. The van der Waals surface area contributed by atoms with Crippen LogP contribution >= 0.6 is 11.3 Å². The van der Waals surface area contributed by atoms with E-state index in [2.05, 4.69) is 18.3 Å². The number of amides is 1. The number of nitrogens with one attached hydrogen (secondary N) is 1. The van der Waals surface area contributed by atoms with Crippen LogP contribution in [0.25, 0.3) is 10.2 Å². The molecule has 25 heavy (non-hydrogen) atoms. The van der Waals surface area contributed by atoms with Crippen LogP contribution in [0.4, 0.5) is 5.69 Å². The van der Waals surface area contributed by atoms with E-state index >= 15 is 0 Å². The Bertz CT molecular complexity index is 870. The zero-order chi connectivity index (χ0) is 18.0. The number of nitrogens with zero attached hydrogens (tertiary/aromatic N) is 2. The summed E-state index contributed by atoms with van der Waals surface area (Å²) in [6.07, 6.45) is 0. The summed E-state index contributed by atoms with van der Waals surface area (Å²) >= 11 is 1.68. The van der Waals surface area contributed by atoms with Gasteiger partial charge in [0.25, 0.3) is 0 Å². The lowest BCUT2D eigenvalue weighted by Gasteiger charge is -2.22. The topological polar surface area (TPSA) is 45.2 Å². The van der Waals surface area contributed by atoms with Crippen molar-refractivity contribution in [2.24, 2.45) is 0 Å². The van der Waals surface area contributed by atoms with Gasteiger partial charge in [-0.3, -0.25) is 9.69 Å². The second-order valence-corrected chi connectivity index (χ2v) is 7.54. The first kappa shape index (κ1) is 17.6. The average molecular weight is 353 g/mol. The maximum atomic E-state index is 12.4. The van der Waals surface area contributed by atoms with E-state index in [0.29, 0.717) is 6.54 Å². The van der Waals surface area contributed by atoms with E-state index in [1.54, 1.807) is 11.3 Å². The van der Waals surface area contributed by atoms with Crippen molar-refractivity contribution in [2.75, 3.05) is 18.9 Å². The van der Waals surface area contributed by atoms with E-state index in [1.807, 2.05) is 62.2 Å². The molecule has 1 aromatic heterocycles. The van der Waals surface area contributed by atoms with Crippen LogP contribution in [0.15, 0.2) is 42.5 Å². The zero-order valence-electron chi connectivity index (χ0n) is 15.0. The van der Waals surface area contributed by atoms with Gasteiger partial charge in [0.05, 0.1) is 22.8 Å². The van der Waals surface area contributed by atoms with Crippen molar-refractivity contribution in [1.29, 1.82) is 0 Å². The second kappa shape index (κ2) is 7.33. The number of anilines is 1. The van der Waals surface area contributed by atoms with Crippen LogP contribution < -0.4 is 5.32 Å². The number of likely N-dealkylation sites (N-methyl/N-ethyl adjacent to an activating group) is 1. The summed E-state index contributed by atoms with van der Waals surface area (Å²) in [5.74, 6) is -0.0100. The van der Waals surface area contributed by atoms with Crippen molar-refractivity contribution < 1.29 is 4.79 Å². The molecule has 0 aliphatic carbocycles. The zero-order valence-corrected chi connectivity index (χ0v) is 15.9. The Hall–Kier alpha value is -2.24. The Balaban J connectivity index is 1.67. The highest BCUT2D eigenvalue weighted by atomic mass is 32.1. The van der Waals surface area contributed by atoms with Gasteiger partial charge in [0.2, 0.25) is 5.91 Å². The number of rotatable bonds is 5. The lowest BCUT2D eigenvalue weighted by Crippen LogP contribution is -2.32. The van der Waals surface area contributed by atoms with Crippen LogP contribution in [0.1, 0.15) is 29.1 Å². The molecule has 130 valence electrons. The number of para-hydroxylation sites is 1. The first-order chi connectivity index (χ1) is 11.9. The Morgan fingerprint density at radius 2 is 2.00 bits per heavy atom. The summed E-state index contributed by atoms with van der Waals surface area (Å²) in [6.45, 7) is 6.44. The highest BCUT2D eigenvalue weighted by Gasteiger charge is 2.18. The average Bonchev–Trinajstić information content (AvgIpc) is 3.01. The SMILES string of the molecule is Cc1ccc(C)c(NC(=O)CN(C)C(C)c2nc3ccccc3s2)c1. The van der Waals surface area contributed by atoms with Crippen LogP contribution in [-0.4, -0.2) is 29.4 Å². The van der Waals surface area contributed by atoms with Gasteiger partial charge in [-0.05, 0) is 57.1 Å². The third kappa shape index (κ3) is 4.06. The highest BCUT2D eigenvalue weighted by Crippen LogP contribution is 2.28. The van der Waals surface area contributed by atoms with Gasteiger partial charge >= 0.3 is 0 Å². The molecule has 2 aromatic carbocycles. The molecule has 0 fully saturated rings. The van der Waals surface area contributed by atoms with Gasteiger partial charge in [0.1, 0.15) is 5.01 Å². The standard InChI is InChI=1S/C20H23N3OS/c1-13-9-10-14(2)17(11-13)21-19(24)12-23(4)15(3)20-22-16-7-5-6-8-18(16)25-20/h5-11,15H,12H2,1-4H3,(H,21,24). The molecule has 0 radical (unpaired) electrons. The fraction of sp³-hybridized carbons (Fsp3) is 0.300. The van der Waals surface area contributed by atoms with Crippen molar-refractivity contribution in [1.82, 2.24) is 9.88 Å².